The number of imidazole rings is 1. The Kier molecular flexibility index (Phi) is 5.24. The van der Waals surface area contributed by atoms with Gasteiger partial charge in [-0.15, -0.1) is 22.7 Å². The molecular formula is C27H24N2OS2. The highest BCUT2D eigenvalue weighted by Crippen LogP contribution is 2.45. The van der Waals surface area contributed by atoms with E-state index < -0.39 is 0 Å². The molecule has 0 spiro atoms. The molecule has 0 saturated heterocycles. The molecule has 5 heteroatoms. The van der Waals surface area contributed by atoms with Gasteiger partial charge in [-0.25, -0.2) is 4.98 Å². The predicted molar refractivity (Wildman–Crippen MR) is 136 cm³/mol. The number of para-hydroxylation sites is 2. The summed E-state index contributed by atoms with van der Waals surface area (Å²) in [7, 11) is 0. The van der Waals surface area contributed by atoms with Gasteiger partial charge in [-0.05, 0) is 64.1 Å². The molecule has 3 heterocycles. The van der Waals surface area contributed by atoms with Gasteiger partial charge in [0.15, 0.2) is 0 Å². The molecule has 32 heavy (non-hydrogen) atoms. The molecule has 0 fully saturated rings. The van der Waals surface area contributed by atoms with E-state index in [4.69, 9.17) is 4.98 Å². The van der Waals surface area contributed by atoms with Gasteiger partial charge in [0.1, 0.15) is 11.6 Å². The van der Waals surface area contributed by atoms with Gasteiger partial charge in [-0.3, -0.25) is 4.57 Å². The minimum absolute atomic E-state index is 0.226. The van der Waals surface area contributed by atoms with E-state index in [1.54, 1.807) is 28.7 Å². The van der Waals surface area contributed by atoms with Crippen LogP contribution in [-0.4, -0.2) is 14.7 Å². The molecule has 0 bridgehead atoms. The lowest BCUT2D eigenvalue weighted by Crippen LogP contribution is -2.00. The number of thiophene rings is 2. The Hall–Kier alpha value is -3.15. The highest BCUT2D eigenvalue weighted by atomic mass is 32.1. The quantitative estimate of drug-likeness (QED) is 0.298. The second kappa shape index (κ2) is 8.08. The third-order valence-electron chi connectivity index (χ3n) is 5.63. The van der Waals surface area contributed by atoms with Crippen LogP contribution in [0, 0.1) is 27.7 Å². The zero-order chi connectivity index (χ0) is 22.4. The van der Waals surface area contributed by atoms with Crippen LogP contribution in [0.15, 0.2) is 66.7 Å². The number of phenolic OH excluding ortho intramolecular Hbond substituents is 1. The maximum absolute atomic E-state index is 10.7. The van der Waals surface area contributed by atoms with E-state index in [1.807, 2.05) is 36.4 Å². The van der Waals surface area contributed by atoms with Crippen LogP contribution in [0.25, 0.3) is 39.6 Å². The van der Waals surface area contributed by atoms with Crippen LogP contribution in [-0.2, 0) is 0 Å². The summed E-state index contributed by atoms with van der Waals surface area (Å²) in [6.07, 6.45) is 0. The summed E-state index contributed by atoms with van der Waals surface area (Å²) in [4.78, 5) is 10.2. The molecule has 2 aromatic carbocycles. The summed E-state index contributed by atoms with van der Waals surface area (Å²) >= 11 is 3.59. The molecule has 5 aromatic rings. The molecule has 0 atom stereocenters. The van der Waals surface area contributed by atoms with Crippen molar-refractivity contribution in [1.29, 1.82) is 0 Å². The molecule has 0 aliphatic carbocycles. The molecule has 0 aliphatic heterocycles. The summed E-state index contributed by atoms with van der Waals surface area (Å²) in [5.74, 6) is 0.968. The Morgan fingerprint density at radius 3 is 1.91 bits per heavy atom. The van der Waals surface area contributed by atoms with Crippen LogP contribution in [0.3, 0.4) is 0 Å². The van der Waals surface area contributed by atoms with Crippen molar-refractivity contribution in [1.82, 2.24) is 9.55 Å². The SMILES string of the molecule is Cc1cc(-c2nc(-c3ccccc3O)n(-c3ccccc3)c2-c2cc(C)sc2C)c(C)s1. The van der Waals surface area contributed by atoms with E-state index in [0.717, 1.165) is 34.0 Å². The van der Waals surface area contributed by atoms with Crippen LogP contribution in [0.2, 0.25) is 0 Å². The van der Waals surface area contributed by atoms with Crippen LogP contribution in [0.5, 0.6) is 5.75 Å². The average molecular weight is 457 g/mol. The van der Waals surface area contributed by atoms with Gasteiger partial charge < -0.3 is 5.11 Å². The van der Waals surface area contributed by atoms with Crippen molar-refractivity contribution in [3.8, 4) is 45.3 Å². The van der Waals surface area contributed by atoms with Gasteiger partial charge in [0.25, 0.3) is 0 Å². The van der Waals surface area contributed by atoms with Crippen LogP contribution in [0.4, 0.5) is 0 Å². The number of aryl methyl sites for hydroxylation is 4. The number of phenols is 1. The fraction of sp³-hybridized carbons (Fsp3) is 0.148. The van der Waals surface area contributed by atoms with E-state index in [-0.39, 0.29) is 5.75 Å². The third kappa shape index (κ3) is 3.48. The Morgan fingerprint density at radius 1 is 0.719 bits per heavy atom. The van der Waals surface area contributed by atoms with E-state index in [0.29, 0.717) is 0 Å². The first-order valence-electron chi connectivity index (χ1n) is 10.6. The molecule has 0 amide bonds. The van der Waals surface area contributed by atoms with Gasteiger partial charge in [0.2, 0.25) is 0 Å². The summed E-state index contributed by atoms with van der Waals surface area (Å²) in [6, 6.07) is 22.2. The van der Waals surface area contributed by atoms with Crippen molar-refractivity contribution in [2.45, 2.75) is 27.7 Å². The maximum atomic E-state index is 10.7. The fourth-order valence-corrected chi connectivity index (χ4v) is 6.11. The van der Waals surface area contributed by atoms with Gasteiger partial charge in [-0.2, -0.15) is 0 Å². The summed E-state index contributed by atoms with van der Waals surface area (Å²) in [6.45, 7) is 8.61. The molecule has 0 radical (unpaired) electrons. The average Bonchev–Trinajstić information content (AvgIpc) is 3.42. The van der Waals surface area contributed by atoms with E-state index in [9.17, 15) is 5.11 Å². The fourth-order valence-electron chi connectivity index (χ4n) is 4.26. The second-order valence-electron chi connectivity index (χ2n) is 7.97. The normalized spacial score (nSPS) is 11.2. The monoisotopic (exact) mass is 456 g/mol. The van der Waals surface area contributed by atoms with Crippen molar-refractivity contribution in [3.63, 3.8) is 0 Å². The molecule has 3 nitrogen and oxygen atoms in total. The number of nitrogens with zero attached hydrogens (tertiary/aromatic N) is 2. The zero-order valence-corrected chi connectivity index (χ0v) is 20.1. The smallest absolute Gasteiger partial charge is 0.149 e. The number of hydrogen-bond donors (Lipinski definition) is 1. The Labute approximate surface area is 196 Å². The molecule has 3 aromatic heterocycles. The predicted octanol–water partition coefficient (Wildman–Crippen LogP) is 7.94. The van der Waals surface area contributed by atoms with Gasteiger partial charge in [-0.1, -0.05) is 30.3 Å². The largest absolute Gasteiger partial charge is 0.507 e. The standard InChI is InChI=1S/C27H24N2OS2/c1-16-14-22(18(3)31-16)25-26(23-15-17(2)32-19(23)4)29(20-10-6-5-7-11-20)27(28-25)21-12-8-9-13-24(21)30/h5-15,30H,1-4H3. The second-order valence-corrected chi connectivity index (χ2v) is 10.9. The molecule has 160 valence electrons. The minimum atomic E-state index is 0.226. The van der Waals surface area contributed by atoms with Crippen LogP contribution < -0.4 is 0 Å². The third-order valence-corrected chi connectivity index (χ3v) is 7.56. The lowest BCUT2D eigenvalue weighted by atomic mass is 10.1. The van der Waals surface area contributed by atoms with Crippen molar-refractivity contribution in [2.24, 2.45) is 0 Å². The zero-order valence-electron chi connectivity index (χ0n) is 18.5. The summed E-state index contributed by atoms with van der Waals surface area (Å²) in [5, 5.41) is 10.7. The summed E-state index contributed by atoms with van der Waals surface area (Å²) < 4.78 is 2.20. The van der Waals surface area contributed by atoms with Crippen molar-refractivity contribution in [3.05, 3.63) is 86.2 Å². The van der Waals surface area contributed by atoms with E-state index >= 15 is 0 Å². The number of aromatic hydroxyl groups is 1. The van der Waals surface area contributed by atoms with Gasteiger partial charge in [0, 0.05) is 36.3 Å². The first kappa shape index (κ1) is 20.7. The van der Waals surface area contributed by atoms with Crippen molar-refractivity contribution < 1.29 is 5.11 Å². The highest BCUT2D eigenvalue weighted by Gasteiger charge is 2.26. The lowest BCUT2D eigenvalue weighted by Gasteiger charge is -2.14. The molecule has 0 saturated carbocycles. The van der Waals surface area contributed by atoms with Gasteiger partial charge in [0.05, 0.1) is 17.0 Å². The molecule has 1 N–H and O–H groups in total. The number of aromatic nitrogens is 2. The lowest BCUT2D eigenvalue weighted by molar-refractivity contribution is 0.477. The molecule has 0 aliphatic rings. The highest BCUT2D eigenvalue weighted by molar-refractivity contribution is 7.12. The number of rotatable bonds is 4. The topological polar surface area (TPSA) is 38.1 Å². The first-order valence-corrected chi connectivity index (χ1v) is 12.2. The number of hydrogen-bond acceptors (Lipinski definition) is 4. The molecule has 0 unspecified atom stereocenters. The van der Waals surface area contributed by atoms with E-state index in [1.165, 1.54) is 25.1 Å². The molecule has 5 rings (SSSR count). The van der Waals surface area contributed by atoms with Gasteiger partial charge >= 0.3 is 0 Å². The van der Waals surface area contributed by atoms with Crippen molar-refractivity contribution >= 4 is 22.7 Å². The van der Waals surface area contributed by atoms with Crippen LogP contribution >= 0.6 is 22.7 Å². The minimum Gasteiger partial charge on any atom is -0.507 e. The first-order chi connectivity index (χ1) is 15.4. The van der Waals surface area contributed by atoms with Crippen molar-refractivity contribution in [2.75, 3.05) is 0 Å². The summed E-state index contributed by atoms with van der Waals surface area (Å²) in [5.41, 5.74) is 6.10. The van der Waals surface area contributed by atoms with Crippen LogP contribution in [0.1, 0.15) is 19.5 Å². The number of benzene rings is 2. The Balaban J connectivity index is 1.95. The maximum Gasteiger partial charge on any atom is 0.149 e. The molecular weight excluding hydrogens is 432 g/mol. The van der Waals surface area contributed by atoms with E-state index in [2.05, 4.69) is 56.5 Å². The Morgan fingerprint density at radius 2 is 1.31 bits per heavy atom. The Bertz CT molecular complexity index is 1420.